The normalized spacial score (nSPS) is 16.2. The van der Waals surface area contributed by atoms with Crippen LogP contribution < -0.4 is 16.0 Å². The highest BCUT2D eigenvalue weighted by atomic mass is 32.2. The number of amides is 2. The van der Waals surface area contributed by atoms with Crippen molar-refractivity contribution in [3.63, 3.8) is 0 Å². The fourth-order valence-electron chi connectivity index (χ4n) is 3.65. The molecule has 2 aromatic carbocycles. The quantitative estimate of drug-likeness (QED) is 0.273. The second-order valence-corrected chi connectivity index (χ2v) is 11.0. The fraction of sp³-hybridized carbons (Fsp3) is 0.400. The Morgan fingerprint density at radius 2 is 1.58 bits per heavy atom. The third kappa shape index (κ3) is 7.84. The van der Waals surface area contributed by atoms with E-state index in [1.165, 1.54) is 31.2 Å². The van der Waals surface area contributed by atoms with Gasteiger partial charge in [-0.15, -0.1) is 0 Å². The van der Waals surface area contributed by atoms with E-state index < -0.39 is 68.9 Å². The molecule has 0 aromatic heterocycles. The maximum atomic E-state index is 14.0. The second kappa shape index (κ2) is 12.0. The first-order chi connectivity index (χ1) is 17.8. The summed E-state index contributed by atoms with van der Waals surface area (Å²) in [6, 6.07) is 4.08. The lowest BCUT2D eigenvalue weighted by Gasteiger charge is -2.28. The Bertz CT molecular complexity index is 1250. The molecule has 206 valence electrons. The zero-order chi connectivity index (χ0) is 28.1. The molecule has 1 fully saturated rings. The number of carbonyl (C=O) groups is 3. The molecular formula is C25H27F4N3O5S. The van der Waals surface area contributed by atoms with Crippen molar-refractivity contribution >= 4 is 27.4 Å². The second-order valence-electron chi connectivity index (χ2n) is 8.92. The minimum atomic E-state index is -5.00. The molecule has 3 N–H and O–H groups in total. The Kier molecular flexibility index (Phi) is 9.26. The minimum Gasteiger partial charge on any atom is -0.347 e. The highest BCUT2D eigenvalue weighted by molar-refractivity contribution is 7.91. The smallest absolute Gasteiger partial charge is 0.347 e. The first-order valence-corrected chi connectivity index (χ1v) is 13.5. The van der Waals surface area contributed by atoms with Gasteiger partial charge in [0.15, 0.2) is 9.84 Å². The lowest BCUT2D eigenvalue weighted by molar-refractivity contribution is -0.160. The van der Waals surface area contributed by atoms with Gasteiger partial charge < -0.3 is 10.6 Å². The summed E-state index contributed by atoms with van der Waals surface area (Å²) < 4.78 is 81.4. The van der Waals surface area contributed by atoms with Crippen LogP contribution in [-0.4, -0.2) is 56.1 Å². The summed E-state index contributed by atoms with van der Waals surface area (Å²) in [5.41, 5.74) is -0.458. The van der Waals surface area contributed by atoms with Crippen molar-refractivity contribution in [1.82, 2.24) is 16.0 Å². The van der Waals surface area contributed by atoms with Crippen LogP contribution in [0.15, 0.2) is 59.5 Å². The van der Waals surface area contributed by atoms with Crippen molar-refractivity contribution in [2.75, 3.05) is 5.75 Å². The number of hydrogen-bond acceptors (Lipinski definition) is 6. The van der Waals surface area contributed by atoms with Crippen LogP contribution in [0, 0.1) is 5.82 Å². The summed E-state index contributed by atoms with van der Waals surface area (Å²) >= 11 is 0. The van der Waals surface area contributed by atoms with Crippen LogP contribution in [0.3, 0.4) is 0 Å². The Labute approximate surface area is 217 Å². The van der Waals surface area contributed by atoms with E-state index in [1.54, 1.807) is 6.07 Å². The highest BCUT2D eigenvalue weighted by Crippen LogP contribution is 2.33. The fourth-order valence-corrected chi connectivity index (χ4v) is 5.10. The molecule has 13 heteroatoms. The maximum Gasteiger partial charge on any atom is 0.407 e. The van der Waals surface area contributed by atoms with Gasteiger partial charge in [-0.1, -0.05) is 37.3 Å². The van der Waals surface area contributed by atoms with Crippen molar-refractivity contribution < 1.29 is 40.4 Å². The molecule has 0 heterocycles. The number of hydrogen-bond donors (Lipinski definition) is 3. The number of nitrogens with one attached hydrogen (secondary N) is 3. The zero-order valence-electron chi connectivity index (χ0n) is 20.3. The van der Waals surface area contributed by atoms with Crippen molar-refractivity contribution in [2.45, 2.75) is 61.4 Å². The van der Waals surface area contributed by atoms with E-state index in [0.717, 1.165) is 24.3 Å². The van der Waals surface area contributed by atoms with Crippen LogP contribution in [0.2, 0.25) is 0 Å². The predicted octanol–water partition coefficient (Wildman–Crippen LogP) is 2.60. The lowest BCUT2D eigenvalue weighted by atomic mass is 10.0. The van der Waals surface area contributed by atoms with Crippen molar-refractivity contribution in [2.24, 2.45) is 0 Å². The molecule has 0 saturated heterocycles. The number of halogens is 4. The number of carbonyl (C=O) groups excluding carboxylic acids is 3. The highest BCUT2D eigenvalue weighted by Gasteiger charge is 2.44. The van der Waals surface area contributed by atoms with Crippen LogP contribution >= 0.6 is 0 Å². The van der Waals surface area contributed by atoms with Gasteiger partial charge in [-0.2, -0.15) is 13.2 Å². The van der Waals surface area contributed by atoms with Gasteiger partial charge in [-0.25, -0.2) is 12.8 Å². The molecule has 1 aliphatic rings. The standard InChI is InChI=1S/C25H27F4N3O5S/c1-2-19(21(33)24(35)30-17-12-13-17)32-23(34)20(14-38(36,37)18-6-4-3-5-7-18)31-22(25(27,28)29)15-8-10-16(26)11-9-15/h3-11,17,19-20,22,31H,2,12-14H2,1H3,(H,30,35)(H,32,34). The van der Waals surface area contributed by atoms with Crippen LogP contribution in [-0.2, 0) is 24.2 Å². The molecule has 38 heavy (non-hydrogen) atoms. The van der Waals surface area contributed by atoms with Gasteiger partial charge in [0.2, 0.25) is 11.7 Å². The maximum absolute atomic E-state index is 14.0. The molecule has 2 aromatic rings. The van der Waals surface area contributed by atoms with Crippen molar-refractivity contribution in [1.29, 1.82) is 0 Å². The summed E-state index contributed by atoms with van der Waals surface area (Å²) in [5, 5.41) is 6.75. The van der Waals surface area contributed by atoms with Crippen LogP contribution in [0.4, 0.5) is 17.6 Å². The van der Waals surface area contributed by atoms with Gasteiger partial charge >= 0.3 is 6.18 Å². The lowest BCUT2D eigenvalue weighted by Crippen LogP contribution is -2.56. The van der Waals surface area contributed by atoms with Gasteiger partial charge in [-0.05, 0) is 49.1 Å². The van der Waals surface area contributed by atoms with Crippen LogP contribution in [0.1, 0.15) is 37.8 Å². The van der Waals surface area contributed by atoms with Gasteiger partial charge in [0.25, 0.3) is 5.91 Å². The number of alkyl halides is 3. The minimum absolute atomic E-state index is 0.0680. The number of Topliss-reactive ketones (excluding diaryl/α,β-unsaturated/α-hetero) is 1. The average Bonchev–Trinajstić information content (AvgIpc) is 3.69. The SMILES string of the molecule is CCC(NC(=O)C(CS(=O)(=O)c1ccccc1)NC(c1ccc(F)cc1)C(F)(F)F)C(=O)C(=O)NC1CC1. The van der Waals surface area contributed by atoms with E-state index in [4.69, 9.17) is 0 Å². The van der Waals surface area contributed by atoms with Gasteiger partial charge in [0, 0.05) is 6.04 Å². The molecule has 0 bridgehead atoms. The zero-order valence-corrected chi connectivity index (χ0v) is 21.1. The Morgan fingerprint density at radius 3 is 2.11 bits per heavy atom. The van der Waals surface area contributed by atoms with Crippen LogP contribution in [0.5, 0.6) is 0 Å². The van der Waals surface area contributed by atoms with Crippen molar-refractivity contribution in [3.8, 4) is 0 Å². The molecule has 0 radical (unpaired) electrons. The summed E-state index contributed by atoms with van der Waals surface area (Å²) in [5.74, 6) is -5.04. The number of benzene rings is 2. The summed E-state index contributed by atoms with van der Waals surface area (Å²) in [6.45, 7) is 1.48. The Balaban J connectivity index is 1.91. The van der Waals surface area contributed by atoms with Gasteiger partial charge in [0.1, 0.15) is 17.9 Å². The topological polar surface area (TPSA) is 121 Å². The molecule has 2 amide bonds. The first kappa shape index (κ1) is 29.2. The molecule has 3 atom stereocenters. The van der Waals surface area contributed by atoms with Crippen molar-refractivity contribution in [3.05, 3.63) is 66.0 Å². The largest absolute Gasteiger partial charge is 0.407 e. The van der Waals surface area contributed by atoms with E-state index >= 15 is 0 Å². The van der Waals surface area contributed by atoms with E-state index in [9.17, 15) is 40.4 Å². The summed E-state index contributed by atoms with van der Waals surface area (Å²) in [6.07, 6.45) is -3.67. The molecule has 0 aliphatic heterocycles. The summed E-state index contributed by atoms with van der Waals surface area (Å²) in [7, 11) is -4.29. The molecule has 0 spiro atoms. The van der Waals surface area contributed by atoms with E-state index in [0.29, 0.717) is 12.8 Å². The summed E-state index contributed by atoms with van der Waals surface area (Å²) in [4.78, 5) is 37.7. The first-order valence-electron chi connectivity index (χ1n) is 11.8. The molecule has 1 saturated carbocycles. The van der Waals surface area contributed by atoms with E-state index in [-0.39, 0.29) is 17.4 Å². The third-order valence-electron chi connectivity index (χ3n) is 5.88. The Hall–Kier alpha value is -3.32. The molecule has 3 rings (SSSR count). The predicted molar refractivity (Wildman–Crippen MR) is 129 cm³/mol. The average molecular weight is 558 g/mol. The number of rotatable bonds is 12. The number of ketones is 1. The van der Waals surface area contributed by atoms with Gasteiger partial charge in [-0.3, -0.25) is 19.7 Å². The molecular weight excluding hydrogens is 530 g/mol. The third-order valence-corrected chi connectivity index (χ3v) is 7.64. The number of sulfone groups is 1. The molecule has 8 nitrogen and oxygen atoms in total. The molecule has 1 aliphatic carbocycles. The van der Waals surface area contributed by atoms with E-state index in [1.807, 2.05) is 5.32 Å². The monoisotopic (exact) mass is 557 g/mol. The molecule has 3 unspecified atom stereocenters. The van der Waals surface area contributed by atoms with Crippen LogP contribution in [0.25, 0.3) is 0 Å². The van der Waals surface area contributed by atoms with Gasteiger partial charge in [0.05, 0.1) is 16.7 Å². The van der Waals surface area contributed by atoms with E-state index in [2.05, 4.69) is 10.6 Å². The Morgan fingerprint density at radius 1 is 0.974 bits per heavy atom.